The van der Waals surface area contributed by atoms with Crippen molar-refractivity contribution >= 4 is 5.78 Å². The quantitative estimate of drug-likeness (QED) is 0.831. The molecule has 1 aromatic carbocycles. The lowest BCUT2D eigenvalue weighted by Crippen LogP contribution is -2.33. The Morgan fingerprint density at radius 2 is 1.58 bits per heavy atom. The lowest BCUT2D eigenvalue weighted by Gasteiger charge is -2.23. The summed E-state index contributed by atoms with van der Waals surface area (Å²) in [7, 11) is 0. The monoisotopic (exact) mass is 263 g/mol. The van der Waals surface area contributed by atoms with Crippen LogP contribution in [0.1, 0.15) is 37.7 Å². The molecular formula is C16H22FNO. The van der Waals surface area contributed by atoms with Crippen LogP contribution < -0.4 is 0 Å². The van der Waals surface area contributed by atoms with Gasteiger partial charge >= 0.3 is 0 Å². The average Bonchev–Trinajstić information content (AvgIpc) is 2.35. The van der Waals surface area contributed by atoms with Gasteiger partial charge in [0, 0.05) is 6.42 Å². The highest BCUT2D eigenvalue weighted by Crippen LogP contribution is 2.11. The topological polar surface area (TPSA) is 20.3 Å². The zero-order valence-corrected chi connectivity index (χ0v) is 11.4. The second kappa shape index (κ2) is 7.39. The summed E-state index contributed by atoms with van der Waals surface area (Å²) in [4.78, 5) is 14.3. The van der Waals surface area contributed by atoms with Gasteiger partial charge in [0.2, 0.25) is 0 Å². The molecule has 1 aromatic rings. The molecule has 1 heterocycles. The zero-order chi connectivity index (χ0) is 13.5. The van der Waals surface area contributed by atoms with Crippen molar-refractivity contribution in [2.45, 2.75) is 38.5 Å². The van der Waals surface area contributed by atoms with Gasteiger partial charge in [0.15, 0.2) is 5.78 Å². The zero-order valence-electron chi connectivity index (χ0n) is 11.4. The number of ketones is 1. The van der Waals surface area contributed by atoms with Crippen molar-refractivity contribution in [2.24, 2.45) is 0 Å². The van der Waals surface area contributed by atoms with Crippen LogP contribution in [-0.2, 0) is 11.2 Å². The Balaban J connectivity index is 1.80. The van der Waals surface area contributed by atoms with E-state index in [1.807, 2.05) is 0 Å². The molecule has 1 aliphatic rings. The number of carbonyl (C=O) groups is 1. The number of carbonyl (C=O) groups excluding carboxylic acids is 1. The van der Waals surface area contributed by atoms with Crippen molar-refractivity contribution in [3.8, 4) is 0 Å². The van der Waals surface area contributed by atoms with Crippen LogP contribution in [0.3, 0.4) is 0 Å². The summed E-state index contributed by atoms with van der Waals surface area (Å²) in [6.07, 6.45) is 6.70. The van der Waals surface area contributed by atoms with Gasteiger partial charge in [0.05, 0.1) is 6.54 Å². The average molecular weight is 263 g/mol. The van der Waals surface area contributed by atoms with Crippen molar-refractivity contribution in [1.29, 1.82) is 0 Å². The van der Waals surface area contributed by atoms with Crippen LogP contribution in [0.4, 0.5) is 4.39 Å². The van der Waals surface area contributed by atoms with E-state index in [-0.39, 0.29) is 11.6 Å². The maximum absolute atomic E-state index is 12.8. The number of hydrogen-bond donors (Lipinski definition) is 0. The van der Waals surface area contributed by atoms with Gasteiger partial charge in [-0.3, -0.25) is 9.69 Å². The summed E-state index contributed by atoms with van der Waals surface area (Å²) in [5.41, 5.74) is 0.901. The molecule has 2 rings (SSSR count). The molecule has 0 aromatic heterocycles. The summed E-state index contributed by atoms with van der Waals surface area (Å²) in [5.74, 6) is -0.0212. The first-order chi connectivity index (χ1) is 9.24. The first kappa shape index (κ1) is 14.2. The summed E-state index contributed by atoms with van der Waals surface area (Å²) in [6, 6.07) is 6.22. The fourth-order valence-electron chi connectivity index (χ4n) is 2.61. The Hall–Kier alpha value is -1.22. The van der Waals surface area contributed by atoms with Gasteiger partial charge in [-0.1, -0.05) is 31.4 Å². The van der Waals surface area contributed by atoms with Gasteiger partial charge in [-0.05, 0) is 43.6 Å². The number of rotatable bonds is 4. The highest BCUT2D eigenvalue weighted by molar-refractivity contribution is 5.82. The van der Waals surface area contributed by atoms with E-state index < -0.39 is 0 Å². The highest BCUT2D eigenvalue weighted by atomic mass is 19.1. The second-order valence-corrected chi connectivity index (χ2v) is 5.39. The fraction of sp³-hybridized carbons (Fsp3) is 0.562. The molecule has 0 saturated carbocycles. The Bertz CT molecular complexity index is 394. The third-order valence-corrected chi connectivity index (χ3v) is 3.66. The molecule has 19 heavy (non-hydrogen) atoms. The molecule has 104 valence electrons. The van der Waals surface area contributed by atoms with E-state index in [0.29, 0.717) is 13.0 Å². The number of likely N-dealkylation sites (tertiary alicyclic amines) is 1. The molecule has 1 fully saturated rings. The summed E-state index contributed by atoms with van der Waals surface area (Å²) in [5, 5.41) is 0. The van der Waals surface area contributed by atoms with Crippen molar-refractivity contribution < 1.29 is 9.18 Å². The predicted octanol–water partition coefficient (Wildman–Crippen LogP) is 3.20. The first-order valence-electron chi connectivity index (χ1n) is 7.22. The van der Waals surface area contributed by atoms with Crippen LogP contribution in [0.25, 0.3) is 0 Å². The van der Waals surface area contributed by atoms with Crippen LogP contribution >= 0.6 is 0 Å². The number of halogens is 1. The molecule has 1 aliphatic heterocycles. The third kappa shape index (κ3) is 5.11. The molecule has 0 N–H and O–H groups in total. The molecule has 0 unspecified atom stereocenters. The Morgan fingerprint density at radius 3 is 2.21 bits per heavy atom. The molecular weight excluding hydrogens is 241 g/mol. The van der Waals surface area contributed by atoms with Crippen LogP contribution in [0.2, 0.25) is 0 Å². The van der Waals surface area contributed by atoms with Gasteiger partial charge in [-0.15, -0.1) is 0 Å². The van der Waals surface area contributed by atoms with E-state index in [9.17, 15) is 9.18 Å². The molecule has 0 radical (unpaired) electrons. The largest absolute Gasteiger partial charge is 0.298 e. The fourth-order valence-corrected chi connectivity index (χ4v) is 2.61. The van der Waals surface area contributed by atoms with Crippen LogP contribution in [0.5, 0.6) is 0 Å². The Kier molecular flexibility index (Phi) is 5.52. The molecule has 0 spiro atoms. The normalized spacial score (nSPS) is 17.7. The van der Waals surface area contributed by atoms with Crippen molar-refractivity contribution in [1.82, 2.24) is 4.90 Å². The van der Waals surface area contributed by atoms with Gasteiger partial charge in [0.1, 0.15) is 5.82 Å². The molecule has 0 amide bonds. The van der Waals surface area contributed by atoms with E-state index in [2.05, 4.69) is 4.90 Å². The van der Waals surface area contributed by atoms with Gasteiger partial charge < -0.3 is 0 Å². The second-order valence-electron chi connectivity index (χ2n) is 5.39. The molecule has 0 aliphatic carbocycles. The SMILES string of the molecule is O=C(Cc1ccc(F)cc1)CN1CCCCCCC1. The highest BCUT2D eigenvalue weighted by Gasteiger charge is 2.12. The number of benzene rings is 1. The van der Waals surface area contributed by atoms with Crippen molar-refractivity contribution in [2.75, 3.05) is 19.6 Å². The minimum atomic E-state index is -0.250. The molecule has 0 atom stereocenters. The van der Waals surface area contributed by atoms with E-state index in [4.69, 9.17) is 0 Å². The smallest absolute Gasteiger partial charge is 0.151 e. The number of hydrogen-bond acceptors (Lipinski definition) is 2. The lowest BCUT2D eigenvalue weighted by atomic mass is 10.1. The summed E-state index contributed by atoms with van der Waals surface area (Å²) >= 11 is 0. The minimum absolute atomic E-state index is 0.229. The lowest BCUT2D eigenvalue weighted by molar-refractivity contribution is -0.119. The maximum Gasteiger partial charge on any atom is 0.151 e. The van der Waals surface area contributed by atoms with Gasteiger partial charge in [0.25, 0.3) is 0 Å². The summed E-state index contributed by atoms with van der Waals surface area (Å²) in [6.45, 7) is 2.61. The maximum atomic E-state index is 12.8. The van der Waals surface area contributed by atoms with Gasteiger partial charge in [-0.2, -0.15) is 0 Å². The minimum Gasteiger partial charge on any atom is -0.298 e. The number of Topliss-reactive ketones (excluding diaryl/α,β-unsaturated/α-hetero) is 1. The van der Waals surface area contributed by atoms with Crippen molar-refractivity contribution in [3.05, 3.63) is 35.6 Å². The van der Waals surface area contributed by atoms with E-state index in [1.54, 1.807) is 12.1 Å². The van der Waals surface area contributed by atoms with Crippen molar-refractivity contribution in [3.63, 3.8) is 0 Å². The number of nitrogens with zero attached hydrogens (tertiary/aromatic N) is 1. The first-order valence-corrected chi connectivity index (χ1v) is 7.22. The standard InChI is InChI=1S/C16H22FNO/c17-15-8-6-14(7-9-15)12-16(19)13-18-10-4-2-1-3-5-11-18/h6-9H,1-5,10-13H2. The molecule has 1 saturated heterocycles. The van der Waals surface area contributed by atoms with E-state index in [1.165, 1.54) is 44.2 Å². The Morgan fingerprint density at radius 1 is 1.00 bits per heavy atom. The van der Waals surface area contributed by atoms with Crippen LogP contribution in [0.15, 0.2) is 24.3 Å². The third-order valence-electron chi connectivity index (χ3n) is 3.66. The summed E-state index contributed by atoms with van der Waals surface area (Å²) < 4.78 is 12.8. The van der Waals surface area contributed by atoms with Crippen LogP contribution in [0, 0.1) is 5.82 Å². The molecule has 0 bridgehead atoms. The molecule has 2 nitrogen and oxygen atoms in total. The molecule has 3 heteroatoms. The van der Waals surface area contributed by atoms with Gasteiger partial charge in [-0.25, -0.2) is 4.39 Å². The predicted molar refractivity (Wildman–Crippen MR) is 74.6 cm³/mol. The van der Waals surface area contributed by atoms with E-state index >= 15 is 0 Å². The van der Waals surface area contributed by atoms with Crippen LogP contribution in [-0.4, -0.2) is 30.3 Å². The van der Waals surface area contributed by atoms with E-state index in [0.717, 1.165) is 18.7 Å². The Labute approximate surface area is 114 Å².